The Morgan fingerprint density at radius 3 is 2.16 bits per heavy atom. The fourth-order valence-corrected chi connectivity index (χ4v) is 5.11. The third-order valence-electron chi connectivity index (χ3n) is 5.01. The topological polar surface area (TPSA) is 66.5 Å². The molecule has 0 heterocycles. The van der Waals surface area contributed by atoms with Crippen molar-refractivity contribution in [1.82, 2.24) is 5.32 Å². The highest BCUT2D eigenvalue weighted by Crippen LogP contribution is 2.29. The molecule has 1 amide bonds. The van der Waals surface area contributed by atoms with Gasteiger partial charge in [0, 0.05) is 16.6 Å². The van der Waals surface area contributed by atoms with Gasteiger partial charge in [0.1, 0.15) is 6.54 Å². The van der Waals surface area contributed by atoms with E-state index in [1.165, 1.54) is 30.3 Å². The zero-order valence-electron chi connectivity index (χ0n) is 17.8. The molecule has 5 nitrogen and oxygen atoms in total. The number of aryl methyl sites for hydroxylation is 1. The fourth-order valence-electron chi connectivity index (χ4n) is 3.19. The van der Waals surface area contributed by atoms with Crippen LogP contribution in [0.15, 0.2) is 77.7 Å². The molecule has 0 radical (unpaired) electrons. The maximum atomic E-state index is 13.4. The first-order valence-corrected chi connectivity index (χ1v) is 12.2. The molecule has 8 heteroatoms. The van der Waals surface area contributed by atoms with Gasteiger partial charge in [-0.25, -0.2) is 8.42 Å². The number of hydrogen-bond acceptors (Lipinski definition) is 3. The average molecular weight is 491 g/mol. The summed E-state index contributed by atoms with van der Waals surface area (Å²) in [5, 5.41) is 3.38. The fraction of sp³-hybridized carbons (Fsp3) is 0.208. The first kappa shape index (κ1) is 24.1. The number of carbonyl (C=O) groups excluding carboxylic acids is 1. The minimum atomic E-state index is -4.03. The van der Waals surface area contributed by atoms with Crippen molar-refractivity contribution < 1.29 is 13.2 Å². The van der Waals surface area contributed by atoms with Gasteiger partial charge in [-0.15, -0.1) is 0 Å². The molecule has 1 unspecified atom stereocenters. The van der Waals surface area contributed by atoms with E-state index >= 15 is 0 Å². The van der Waals surface area contributed by atoms with Crippen molar-refractivity contribution in [3.8, 4) is 0 Å². The molecule has 3 rings (SSSR count). The minimum Gasteiger partial charge on any atom is -0.354 e. The van der Waals surface area contributed by atoms with Crippen molar-refractivity contribution in [3.05, 3.63) is 94.0 Å². The number of hydrogen-bond donors (Lipinski definition) is 1. The highest BCUT2D eigenvalue weighted by molar-refractivity contribution is 7.92. The van der Waals surface area contributed by atoms with Crippen LogP contribution in [0.4, 0.5) is 5.69 Å². The molecular weight excluding hydrogens is 467 g/mol. The Morgan fingerprint density at radius 1 is 0.969 bits per heavy atom. The van der Waals surface area contributed by atoms with Gasteiger partial charge in [0.15, 0.2) is 0 Å². The summed E-state index contributed by atoms with van der Waals surface area (Å²) in [6, 6.07) is 20.7. The number of nitrogens with one attached hydrogen (secondary N) is 1. The first-order chi connectivity index (χ1) is 15.2. The number of carbonyl (C=O) groups is 1. The van der Waals surface area contributed by atoms with Crippen LogP contribution < -0.4 is 9.62 Å². The van der Waals surface area contributed by atoms with Crippen LogP contribution in [0.3, 0.4) is 0 Å². The maximum Gasteiger partial charge on any atom is 0.264 e. The Hall–Kier alpha value is -2.54. The van der Waals surface area contributed by atoms with E-state index in [1.807, 2.05) is 44.2 Å². The zero-order chi connectivity index (χ0) is 23.3. The maximum absolute atomic E-state index is 13.4. The van der Waals surface area contributed by atoms with Gasteiger partial charge in [-0.1, -0.05) is 78.2 Å². The Morgan fingerprint density at radius 2 is 1.56 bits per heavy atom. The smallest absolute Gasteiger partial charge is 0.264 e. The third kappa shape index (κ3) is 6.03. The summed E-state index contributed by atoms with van der Waals surface area (Å²) in [6.07, 6.45) is 0. The summed E-state index contributed by atoms with van der Waals surface area (Å²) in [7, 11) is -4.03. The van der Waals surface area contributed by atoms with Crippen molar-refractivity contribution in [2.45, 2.75) is 24.7 Å². The second kappa shape index (κ2) is 10.4. The number of rotatable bonds is 8. The van der Waals surface area contributed by atoms with E-state index < -0.39 is 22.5 Å². The number of sulfonamides is 1. The normalized spacial score (nSPS) is 12.2. The predicted octanol–water partition coefficient (Wildman–Crippen LogP) is 5.42. The number of anilines is 1. The van der Waals surface area contributed by atoms with Gasteiger partial charge in [-0.2, -0.15) is 0 Å². The van der Waals surface area contributed by atoms with E-state index in [9.17, 15) is 13.2 Å². The average Bonchev–Trinajstić information content (AvgIpc) is 2.76. The number of amides is 1. The molecule has 1 N–H and O–H groups in total. The van der Waals surface area contributed by atoms with Crippen LogP contribution in [-0.4, -0.2) is 27.4 Å². The molecule has 0 fully saturated rings. The molecule has 168 valence electrons. The van der Waals surface area contributed by atoms with E-state index in [0.717, 1.165) is 15.4 Å². The van der Waals surface area contributed by atoms with Crippen LogP contribution in [0, 0.1) is 6.92 Å². The van der Waals surface area contributed by atoms with Crippen molar-refractivity contribution in [3.63, 3.8) is 0 Å². The highest BCUT2D eigenvalue weighted by Gasteiger charge is 2.28. The lowest BCUT2D eigenvalue weighted by Gasteiger charge is -2.25. The molecule has 3 aromatic rings. The van der Waals surface area contributed by atoms with Crippen molar-refractivity contribution in [2.24, 2.45) is 0 Å². The largest absolute Gasteiger partial charge is 0.354 e. The molecule has 0 saturated carbocycles. The second-order valence-electron chi connectivity index (χ2n) is 7.57. The van der Waals surface area contributed by atoms with Gasteiger partial charge in [0.05, 0.1) is 10.6 Å². The molecule has 0 saturated heterocycles. The van der Waals surface area contributed by atoms with Crippen LogP contribution in [0.25, 0.3) is 0 Å². The van der Waals surface area contributed by atoms with E-state index in [0.29, 0.717) is 6.54 Å². The molecular formula is C24H24Cl2N2O3S. The number of benzene rings is 3. The second-order valence-corrected chi connectivity index (χ2v) is 10.3. The summed E-state index contributed by atoms with van der Waals surface area (Å²) < 4.78 is 27.9. The lowest BCUT2D eigenvalue weighted by atomic mass is 10.0. The Labute approximate surface area is 199 Å². The van der Waals surface area contributed by atoms with Gasteiger partial charge in [0.25, 0.3) is 10.0 Å². The molecule has 0 aliphatic heterocycles. The monoisotopic (exact) mass is 490 g/mol. The van der Waals surface area contributed by atoms with Crippen LogP contribution >= 0.6 is 23.2 Å². The van der Waals surface area contributed by atoms with E-state index in [-0.39, 0.29) is 26.5 Å². The van der Waals surface area contributed by atoms with Crippen LogP contribution in [0.5, 0.6) is 0 Å². The summed E-state index contributed by atoms with van der Waals surface area (Å²) in [5.74, 6) is -0.359. The summed E-state index contributed by atoms with van der Waals surface area (Å²) in [4.78, 5) is 12.9. The first-order valence-electron chi connectivity index (χ1n) is 10.0. The van der Waals surface area contributed by atoms with E-state index in [1.54, 1.807) is 12.1 Å². The van der Waals surface area contributed by atoms with Gasteiger partial charge >= 0.3 is 0 Å². The number of nitrogens with zero attached hydrogens (tertiary/aromatic N) is 1. The Bertz CT molecular complexity index is 1160. The molecule has 32 heavy (non-hydrogen) atoms. The number of halogens is 2. The molecule has 0 aliphatic rings. The summed E-state index contributed by atoms with van der Waals surface area (Å²) in [5.41, 5.74) is 2.22. The SMILES string of the molecule is Cc1ccc(S(=O)(=O)N(CC(=O)NCC(C)c2ccccc2)c2cc(Cl)cc(Cl)c2)cc1. The summed E-state index contributed by atoms with van der Waals surface area (Å²) >= 11 is 12.2. The highest BCUT2D eigenvalue weighted by atomic mass is 35.5. The van der Waals surface area contributed by atoms with Crippen LogP contribution in [0.1, 0.15) is 24.0 Å². The molecule has 0 aromatic heterocycles. The van der Waals surface area contributed by atoms with Crippen molar-refractivity contribution in [1.29, 1.82) is 0 Å². The van der Waals surface area contributed by atoms with E-state index in [2.05, 4.69) is 5.32 Å². The van der Waals surface area contributed by atoms with Crippen molar-refractivity contribution in [2.75, 3.05) is 17.4 Å². The van der Waals surface area contributed by atoms with Gasteiger partial charge < -0.3 is 5.32 Å². The molecule has 0 spiro atoms. The zero-order valence-corrected chi connectivity index (χ0v) is 20.1. The van der Waals surface area contributed by atoms with Crippen LogP contribution in [0.2, 0.25) is 10.0 Å². The van der Waals surface area contributed by atoms with Gasteiger partial charge in [-0.05, 0) is 48.7 Å². The van der Waals surface area contributed by atoms with E-state index in [4.69, 9.17) is 23.2 Å². The van der Waals surface area contributed by atoms with Crippen LogP contribution in [-0.2, 0) is 14.8 Å². The lowest BCUT2D eigenvalue weighted by molar-refractivity contribution is -0.119. The molecule has 3 aromatic carbocycles. The van der Waals surface area contributed by atoms with Gasteiger partial charge in [0.2, 0.25) is 5.91 Å². The Kier molecular flexibility index (Phi) is 7.82. The molecule has 0 bridgehead atoms. The molecule has 1 atom stereocenters. The lowest BCUT2D eigenvalue weighted by Crippen LogP contribution is -2.41. The Balaban J connectivity index is 1.85. The van der Waals surface area contributed by atoms with Crippen molar-refractivity contribution >= 4 is 44.8 Å². The minimum absolute atomic E-state index is 0.0721. The third-order valence-corrected chi connectivity index (χ3v) is 7.23. The summed E-state index contributed by atoms with van der Waals surface area (Å²) in [6.45, 7) is 3.82. The predicted molar refractivity (Wildman–Crippen MR) is 130 cm³/mol. The van der Waals surface area contributed by atoms with Gasteiger partial charge in [-0.3, -0.25) is 9.10 Å². The standard InChI is InChI=1S/C24H24Cl2N2O3S/c1-17-8-10-23(11-9-17)32(30,31)28(22-13-20(25)12-21(26)14-22)16-24(29)27-15-18(2)19-6-4-3-5-7-19/h3-14,18H,15-16H2,1-2H3,(H,27,29). The molecule has 0 aliphatic carbocycles. The quantitative estimate of drug-likeness (QED) is 0.458.